The average Bonchev–Trinajstić information content (AvgIpc) is 2.72. The molecule has 7 heteroatoms. The van der Waals surface area contributed by atoms with Gasteiger partial charge in [0, 0.05) is 29.9 Å². The third-order valence-electron chi connectivity index (χ3n) is 3.78. The van der Waals surface area contributed by atoms with Crippen LogP contribution in [0.25, 0.3) is 22.1 Å². The van der Waals surface area contributed by atoms with Crippen LogP contribution in [0.15, 0.2) is 27.4 Å². The van der Waals surface area contributed by atoms with Crippen LogP contribution in [0.5, 0.6) is 0 Å². The number of fused-ring (bicyclic) bond motifs is 1. The Bertz CT molecular complexity index is 1020. The molecule has 1 aromatic carbocycles. The zero-order valence-corrected chi connectivity index (χ0v) is 12.7. The fourth-order valence-electron chi connectivity index (χ4n) is 2.68. The molecule has 1 N–H and O–H groups in total. The van der Waals surface area contributed by atoms with Gasteiger partial charge < -0.3 is 9.52 Å². The van der Waals surface area contributed by atoms with Crippen molar-refractivity contribution in [3.05, 3.63) is 51.4 Å². The van der Waals surface area contributed by atoms with Crippen LogP contribution in [-0.4, -0.2) is 20.9 Å². The van der Waals surface area contributed by atoms with Crippen LogP contribution in [0, 0.1) is 19.7 Å². The second-order valence-corrected chi connectivity index (χ2v) is 5.28. The molecule has 0 fully saturated rings. The monoisotopic (exact) mass is 316 g/mol. The lowest BCUT2D eigenvalue weighted by Crippen LogP contribution is -2.07. The number of aromatic carboxylic acids is 1. The Morgan fingerprint density at radius 2 is 2.00 bits per heavy atom. The van der Waals surface area contributed by atoms with E-state index in [1.807, 2.05) is 0 Å². The molecular weight excluding hydrogens is 303 g/mol. The molecule has 0 saturated heterocycles. The minimum atomic E-state index is -1.36. The van der Waals surface area contributed by atoms with Crippen molar-refractivity contribution < 1.29 is 18.7 Å². The van der Waals surface area contributed by atoms with E-state index in [9.17, 15) is 14.0 Å². The molecule has 3 rings (SSSR count). The molecule has 23 heavy (non-hydrogen) atoms. The van der Waals surface area contributed by atoms with Gasteiger partial charge in [0.1, 0.15) is 11.4 Å². The van der Waals surface area contributed by atoms with Gasteiger partial charge in [0.25, 0.3) is 0 Å². The molecule has 0 aliphatic carbocycles. The number of halogens is 1. The number of aromatic nitrogens is 2. The first-order valence-electron chi connectivity index (χ1n) is 6.81. The first kappa shape index (κ1) is 15.0. The summed E-state index contributed by atoms with van der Waals surface area (Å²) in [5.41, 5.74) is 1.73. The predicted octanol–water partition coefficient (Wildman–Crippen LogP) is 2.65. The number of carboxylic acid groups (broad SMARTS) is 1. The summed E-state index contributed by atoms with van der Waals surface area (Å²) in [7, 11) is 1.74. The number of benzene rings is 1. The van der Waals surface area contributed by atoms with E-state index in [1.54, 1.807) is 25.6 Å². The van der Waals surface area contributed by atoms with Crippen molar-refractivity contribution in [3.63, 3.8) is 0 Å². The molecule has 2 heterocycles. The fraction of sp³-hybridized carbons (Fsp3) is 0.188. The molecule has 0 saturated carbocycles. The third kappa shape index (κ3) is 2.30. The number of aryl methyl sites for hydroxylation is 2. The van der Waals surface area contributed by atoms with E-state index in [1.165, 1.54) is 6.07 Å². The van der Waals surface area contributed by atoms with Crippen LogP contribution in [0.1, 0.15) is 21.9 Å². The lowest BCUT2D eigenvalue weighted by Gasteiger charge is -2.08. The van der Waals surface area contributed by atoms with Gasteiger partial charge >= 0.3 is 5.97 Å². The van der Waals surface area contributed by atoms with Gasteiger partial charge in [-0.25, -0.2) is 9.18 Å². The zero-order valence-electron chi connectivity index (χ0n) is 12.7. The maximum Gasteiger partial charge on any atom is 0.371 e. The van der Waals surface area contributed by atoms with Gasteiger partial charge in [-0.05, 0) is 26.0 Å². The lowest BCUT2D eigenvalue weighted by molar-refractivity contribution is 0.0663. The number of rotatable bonds is 2. The SMILES string of the molecule is Cc1nn(C)c(C)c1-c1cc(F)cc2c(=O)cc(C(=O)O)oc12. The summed E-state index contributed by atoms with van der Waals surface area (Å²) in [6.07, 6.45) is 0. The van der Waals surface area contributed by atoms with Gasteiger partial charge in [0.15, 0.2) is 5.43 Å². The van der Waals surface area contributed by atoms with Crippen LogP contribution in [-0.2, 0) is 7.05 Å². The highest BCUT2D eigenvalue weighted by Crippen LogP contribution is 2.33. The molecular formula is C16H13FN2O4. The van der Waals surface area contributed by atoms with Crippen molar-refractivity contribution >= 4 is 16.9 Å². The van der Waals surface area contributed by atoms with Crippen LogP contribution in [0.4, 0.5) is 4.39 Å². The molecule has 0 aliphatic heterocycles. The standard InChI is InChI=1S/C16H13FN2O4/c1-7-14(8(2)19(3)18-7)11-5-9(17)4-10-12(20)6-13(16(21)22)23-15(10)11/h4-6H,1-3H3,(H,21,22). The van der Waals surface area contributed by atoms with E-state index in [0.717, 1.165) is 17.8 Å². The maximum absolute atomic E-state index is 14.0. The Hall–Kier alpha value is -2.96. The Kier molecular flexibility index (Phi) is 3.28. The van der Waals surface area contributed by atoms with Crippen LogP contribution in [0.2, 0.25) is 0 Å². The summed E-state index contributed by atoms with van der Waals surface area (Å²) in [5, 5.41) is 13.3. The quantitative estimate of drug-likeness (QED) is 0.785. The zero-order chi connectivity index (χ0) is 16.9. The minimum Gasteiger partial charge on any atom is -0.475 e. The molecule has 118 valence electrons. The number of carboxylic acids is 1. The normalized spacial score (nSPS) is 11.1. The highest BCUT2D eigenvalue weighted by Gasteiger charge is 2.20. The van der Waals surface area contributed by atoms with Gasteiger partial charge in [-0.3, -0.25) is 9.48 Å². The number of hydrogen-bond donors (Lipinski definition) is 1. The van der Waals surface area contributed by atoms with Crippen LogP contribution >= 0.6 is 0 Å². The van der Waals surface area contributed by atoms with Crippen molar-refractivity contribution in [2.24, 2.45) is 7.05 Å². The van der Waals surface area contributed by atoms with Gasteiger partial charge in [-0.2, -0.15) is 5.10 Å². The average molecular weight is 316 g/mol. The van der Waals surface area contributed by atoms with Gasteiger partial charge in [0.05, 0.1) is 11.1 Å². The molecule has 0 bridgehead atoms. The summed E-state index contributed by atoms with van der Waals surface area (Å²) >= 11 is 0. The Morgan fingerprint density at radius 1 is 1.30 bits per heavy atom. The largest absolute Gasteiger partial charge is 0.475 e. The van der Waals surface area contributed by atoms with E-state index < -0.39 is 23.0 Å². The van der Waals surface area contributed by atoms with Gasteiger partial charge in [-0.15, -0.1) is 0 Å². The molecule has 6 nitrogen and oxygen atoms in total. The number of carbonyl (C=O) groups is 1. The lowest BCUT2D eigenvalue weighted by atomic mass is 10.0. The van der Waals surface area contributed by atoms with Crippen molar-refractivity contribution in [2.45, 2.75) is 13.8 Å². The molecule has 0 amide bonds. The Balaban J connectivity index is 2.49. The van der Waals surface area contributed by atoms with Crippen molar-refractivity contribution in [3.8, 4) is 11.1 Å². The van der Waals surface area contributed by atoms with Gasteiger partial charge in [-0.1, -0.05) is 0 Å². The molecule has 0 atom stereocenters. The number of hydrogen-bond acceptors (Lipinski definition) is 4. The topological polar surface area (TPSA) is 85.3 Å². The molecule has 2 aromatic heterocycles. The first-order valence-corrected chi connectivity index (χ1v) is 6.81. The summed E-state index contributed by atoms with van der Waals surface area (Å²) in [5.74, 6) is -2.46. The molecule has 0 unspecified atom stereocenters. The second kappa shape index (κ2) is 5.05. The highest BCUT2D eigenvalue weighted by atomic mass is 19.1. The Morgan fingerprint density at radius 3 is 2.57 bits per heavy atom. The number of nitrogens with zero attached hydrogens (tertiary/aromatic N) is 2. The second-order valence-electron chi connectivity index (χ2n) is 5.28. The molecule has 3 aromatic rings. The van der Waals surface area contributed by atoms with Crippen molar-refractivity contribution in [2.75, 3.05) is 0 Å². The highest BCUT2D eigenvalue weighted by molar-refractivity contribution is 5.95. The van der Waals surface area contributed by atoms with Crippen LogP contribution < -0.4 is 5.43 Å². The molecule has 0 spiro atoms. The third-order valence-corrected chi connectivity index (χ3v) is 3.78. The molecule has 0 radical (unpaired) electrons. The predicted molar refractivity (Wildman–Crippen MR) is 81.1 cm³/mol. The van der Waals surface area contributed by atoms with E-state index in [0.29, 0.717) is 16.8 Å². The summed E-state index contributed by atoms with van der Waals surface area (Å²) < 4.78 is 21.0. The summed E-state index contributed by atoms with van der Waals surface area (Å²) in [6, 6.07) is 3.10. The Labute approximate surface area is 129 Å². The van der Waals surface area contributed by atoms with Crippen molar-refractivity contribution in [1.29, 1.82) is 0 Å². The molecule has 0 aliphatic rings. The summed E-state index contributed by atoms with van der Waals surface area (Å²) in [4.78, 5) is 23.2. The van der Waals surface area contributed by atoms with Gasteiger partial charge in [0.2, 0.25) is 5.76 Å². The maximum atomic E-state index is 14.0. The van der Waals surface area contributed by atoms with E-state index in [-0.39, 0.29) is 11.0 Å². The summed E-state index contributed by atoms with van der Waals surface area (Å²) in [6.45, 7) is 3.55. The van der Waals surface area contributed by atoms with E-state index in [4.69, 9.17) is 9.52 Å². The first-order chi connectivity index (χ1) is 10.8. The van der Waals surface area contributed by atoms with Crippen molar-refractivity contribution in [1.82, 2.24) is 9.78 Å². The fourth-order valence-corrected chi connectivity index (χ4v) is 2.68. The van der Waals surface area contributed by atoms with Crippen LogP contribution in [0.3, 0.4) is 0 Å². The van der Waals surface area contributed by atoms with E-state index >= 15 is 0 Å². The van der Waals surface area contributed by atoms with E-state index in [2.05, 4.69) is 5.10 Å². The smallest absolute Gasteiger partial charge is 0.371 e. The minimum absolute atomic E-state index is 0.00680.